The van der Waals surface area contributed by atoms with Crippen molar-refractivity contribution in [1.82, 2.24) is 88.2 Å². The molecular weight excluding hydrogens is 1720 g/mol. The van der Waals surface area contributed by atoms with E-state index in [1.165, 1.54) is 223 Å². The monoisotopic (exact) mass is 1920 g/mol. The molecule has 4 saturated heterocycles. The fourth-order valence-corrected chi connectivity index (χ4v) is 21.7. The van der Waals surface area contributed by atoms with E-state index in [1.54, 1.807) is 22.8 Å². The standard InChI is InChI=1S/C18H22N2.2C18H20N2.2C14H30N2.2C14H28N2.C6H14N2.C6H12N2/c3*1-14-19(2)17(15-10-6-4-7-11-15)18(20(14)3)16-12-8-5-9-13-16;4*1-6-8-10-13-14(11-9-7-2)16(5)12(3)15(13)4;2*1-6-7(2)4-5-8(6)3/h4-14,17-18H,1-3H3;2*4-14H,1-3H3;2*12-14H,6-11H2,1-5H3;2*12H,6-11H2,1-5H3;6H,4-5H2,1-3H3;4-6H,1-3H3. The molecule has 18 heteroatoms. The Morgan fingerprint density at radius 2 is 0.400 bits per heavy atom. The lowest BCUT2D eigenvalue weighted by Gasteiger charge is -2.26. The van der Waals surface area contributed by atoms with E-state index in [0.717, 1.165) is 24.2 Å². The average molecular weight is 1920 g/mol. The van der Waals surface area contributed by atoms with Crippen LogP contribution < -0.4 is 0 Å². The van der Waals surface area contributed by atoms with Gasteiger partial charge in [0.2, 0.25) is 0 Å². The molecule has 9 heterocycles. The summed E-state index contributed by atoms with van der Waals surface area (Å²) in [4.78, 5) is 43.5. The van der Waals surface area contributed by atoms with Crippen LogP contribution in [0.4, 0.5) is 0 Å². The Hall–Kier alpha value is -8.30. The van der Waals surface area contributed by atoms with Gasteiger partial charge in [-0.25, -0.2) is 0 Å². The summed E-state index contributed by atoms with van der Waals surface area (Å²) in [7, 11) is 39.7. The summed E-state index contributed by atoms with van der Waals surface area (Å²) in [6.07, 6.45) is 40.5. The smallest absolute Gasteiger partial charge is 0.0982 e. The molecule has 0 saturated carbocycles. The van der Waals surface area contributed by atoms with Gasteiger partial charge in [-0.05, 0) is 229 Å². The van der Waals surface area contributed by atoms with Gasteiger partial charge in [0.1, 0.15) is 0 Å². The topological polar surface area (TPSA) is 58.3 Å². The zero-order valence-corrected chi connectivity index (χ0v) is 95.6. The third kappa shape index (κ3) is 31.4. The van der Waals surface area contributed by atoms with Crippen molar-refractivity contribution < 1.29 is 0 Å². The van der Waals surface area contributed by atoms with Crippen LogP contribution in [0, 0.1) is 0 Å². The van der Waals surface area contributed by atoms with E-state index in [-0.39, 0.29) is 0 Å². The van der Waals surface area contributed by atoms with E-state index >= 15 is 0 Å². The summed E-state index contributed by atoms with van der Waals surface area (Å²) in [6, 6.07) is 68.1. The molecule has 0 aliphatic carbocycles. The van der Waals surface area contributed by atoms with Gasteiger partial charge in [-0.2, -0.15) is 0 Å². The number of nitrogens with zero attached hydrogens (tertiary/aromatic N) is 18. The average Bonchev–Trinajstić information content (AvgIpc) is 1.62. The lowest BCUT2D eigenvalue weighted by molar-refractivity contribution is 0.177. The largest absolute Gasteiger partial charge is 0.359 e. The Kier molecular flexibility index (Phi) is 51.2. The minimum absolute atomic E-state index is 0.361. The second kappa shape index (κ2) is 60.5. The van der Waals surface area contributed by atoms with Gasteiger partial charge in [-0.3, -0.25) is 39.2 Å². The highest BCUT2D eigenvalue weighted by Gasteiger charge is 2.45. The maximum atomic E-state index is 2.58. The van der Waals surface area contributed by atoms with Crippen molar-refractivity contribution in [3.05, 3.63) is 251 Å². The number of unbranched alkanes of at least 4 members (excludes halogenated alkanes) is 8. The molecule has 0 bridgehead atoms. The highest BCUT2D eigenvalue weighted by Crippen LogP contribution is 2.47. The molecule has 4 fully saturated rings. The molecule has 9 aliphatic heterocycles. The molecule has 0 aromatic heterocycles. The molecule has 0 radical (unpaired) electrons. The van der Waals surface area contributed by atoms with Crippen molar-refractivity contribution in [2.45, 2.75) is 364 Å². The molecule has 15 rings (SSSR count). The van der Waals surface area contributed by atoms with Crippen LogP contribution in [0.5, 0.6) is 0 Å². The van der Waals surface area contributed by atoms with Crippen LogP contribution in [0.1, 0.15) is 317 Å². The molecule has 6 aromatic rings. The number of hydrogen-bond donors (Lipinski definition) is 0. The number of hydrogen-bond acceptors (Lipinski definition) is 18. The first-order valence-corrected chi connectivity index (χ1v) is 55.0. The lowest BCUT2D eigenvalue weighted by Crippen LogP contribution is -2.35. The van der Waals surface area contributed by atoms with Crippen LogP contribution >= 0.6 is 0 Å². The molecule has 6 aromatic carbocycles. The quantitative estimate of drug-likeness (QED) is 0.0430. The van der Waals surface area contributed by atoms with Gasteiger partial charge in [-0.15, -0.1) is 0 Å². The third-order valence-electron chi connectivity index (χ3n) is 33.2. The maximum absolute atomic E-state index is 2.58. The van der Waals surface area contributed by atoms with Crippen LogP contribution in [-0.4, -0.2) is 308 Å². The fourth-order valence-electron chi connectivity index (χ4n) is 21.7. The van der Waals surface area contributed by atoms with Crippen LogP contribution in [-0.2, 0) is 0 Å². The van der Waals surface area contributed by atoms with Crippen molar-refractivity contribution in [2.75, 3.05) is 140 Å². The molecule has 6 unspecified atom stereocenters. The van der Waals surface area contributed by atoms with Gasteiger partial charge in [0, 0.05) is 143 Å². The molecule has 782 valence electrons. The Labute approximate surface area is 859 Å². The van der Waals surface area contributed by atoms with Gasteiger partial charge in [0.05, 0.1) is 90.4 Å². The summed E-state index contributed by atoms with van der Waals surface area (Å²) < 4.78 is 0. The summed E-state index contributed by atoms with van der Waals surface area (Å²) in [5, 5.41) is 0. The van der Waals surface area contributed by atoms with Crippen molar-refractivity contribution in [1.29, 1.82) is 0 Å². The first-order valence-electron chi connectivity index (χ1n) is 55.0. The molecule has 140 heavy (non-hydrogen) atoms. The zero-order chi connectivity index (χ0) is 103. The van der Waals surface area contributed by atoms with E-state index in [1.807, 2.05) is 0 Å². The summed E-state index contributed by atoms with van der Waals surface area (Å²) in [5.41, 5.74) is 19.4. The van der Waals surface area contributed by atoms with Crippen molar-refractivity contribution in [3.8, 4) is 0 Å². The molecule has 0 amide bonds. The third-order valence-corrected chi connectivity index (χ3v) is 33.2. The summed E-state index contributed by atoms with van der Waals surface area (Å²) in [6.45, 7) is 41.1. The fraction of sp³-hybridized carbons (Fsp3) is 0.623. The van der Waals surface area contributed by atoms with E-state index in [9.17, 15) is 0 Å². The lowest BCUT2D eigenvalue weighted by atomic mass is 9.93. The van der Waals surface area contributed by atoms with Gasteiger partial charge in [-0.1, -0.05) is 314 Å². The molecular formula is C122H204N18. The maximum Gasteiger partial charge on any atom is 0.0982 e. The molecule has 0 N–H and O–H groups in total. The highest BCUT2D eigenvalue weighted by atomic mass is 15.5. The van der Waals surface area contributed by atoms with Gasteiger partial charge in [0.15, 0.2) is 0 Å². The number of likely N-dealkylation sites (N-methyl/N-ethyl adjacent to an activating group) is 8. The van der Waals surface area contributed by atoms with Crippen molar-refractivity contribution in [3.63, 3.8) is 0 Å². The van der Waals surface area contributed by atoms with Crippen molar-refractivity contribution in [2.24, 2.45) is 0 Å². The molecule has 9 aliphatic rings. The Morgan fingerprint density at radius 1 is 0.207 bits per heavy atom. The Bertz CT molecular complexity index is 4070. The molecule has 6 atom stereocenters. The highest BCUT2D eigenvalue weighted by molar-refractivity contribution is 5.92. The predicted molar refractivity (Wildman–Crippen MR) is 607 cm³/mol. The normalized spacial score (nSPS) is 22.8. The van der Waals surface area contributed by atoms with Crippen LogP contribution in [0.25, 0.3) is 22.8 Å². The number of benzene rings is 6. The second-order valence-corrected chi connectivity index (χ2v) is 41.8. The summed E-state index contributed by atoms with van der Waals surface area (Å²) in [5.74, 6) is 0. The van der Waals surface area contributed by atoms with Gasteiger partial charge < -0.3 is 49.0 Å². The van der Waals surface area contributed by atoms with E-state index in [0.29, 0.717) is 67.6 Å². The SMILES string of the molecule is CC1N(C)C(c2ccccc2)=C(c2ccccc2)N1C.CC1N(C)C(c2ccccc2)=C(c2ccccc2)N1C.CC1N(C)C(c2ccccc2)C(c2ccccc2)N1C.CC1N(C)C=CN1C.CC1N(C)CCN1C.CCCCC1=C(CCCC)N(C)C(C)N1C.CCCCC1=C(CCCC)N(C)C(C)N1C.CCCCC1C(CCCC)N(C)C(C)N1C.CCCCC1C(CCCC)N(C)C(C)N1C. The zero-order valence-electron chi connectivity index (χ0n) is 95.6. The molecule has 0 spiro atoms. The Balaban J connectivity index is 0.000000217. The minimum atomic E-state index is 0.361. The number of rotatable bonds is 30. The second-order valence-electron chi connectivity index (χ2n) is 41.8. The van der Waals surface area contributed by atoms with Crippen LogP contribution in [0.2, 0.25) is 0 Å². The molecule has 18 nitrogen and oxygen atoms in total. The number of allylic oxidation sites excluding steroid dienone is 4. The van der Waals surface area contributed by atoms with E-state index < -0.39 is 0 Å². The van der Waals surface area contributed by atoms with Gasteiger partial charge >= 0.3 is 0 Å². The summed E-state index contributed by atoms with van der Waals surface area (Å²) >= 11 is 0. The van der Waals surface area contributed by atoms with E-state index in [4.69, 9.17) is 0 Å². The Morgan fingerprint density at radius 3 is 0.579 bits per heavy atom. The van der Waals surface area contributed by atoms with Crippen LogP contribution in [0.15, 0.2) is 217 Å². The first-order chi connectivity index (χ1) is 67.0. The minimum Gasteiger partial charge on any atom is -0.359 e. The van der Waals surface area contributed by atoms with E-state index in [2.05, 4.69) is 527 Å². The van der Waals surface area contributed by atoms with Gasteiger partial charge in [0.25, 0.3) is 0 Å². The van der Waals surface area contributed by atoms with Crippen molar-refractivity contribution >= 4 is 22.8 Å². The van der Waals surface area contributed by atoms with Crippen LogP contribution in [0.3, 0.4) is 0 Å². The predicted octanol–water partition coefficient (Wildman–Crippen LogP) is 26.3. The first kappa shape index (κ1) is 119.